The summed E-state index contributed by atoms with van der Waals surface area (Å²) in [4.78, 5) is 8.17. The van der Waals surface area contributed by atoms with Crippen molar-refractivity contribution >= 4 is 27.8 Å². The molecule has 0 spiro atoms. The first-order valence-corrected chi connectivity index (χ1v) is 8.35. The van der Waals surface area contributed by atoms with Crippen molar-refractivity contribution in [2.24, 2.45) is 0 Å². The quantitative estimate of drug-likeness (QED) is 0.761. The first-order chi connectivity index (χ1) is 9.70. The molecule has 0 amide bonds. The predicted molar refractivity (Wildman–Crippen MR) is 86.9 cm³/mol. The van der Waals surface area contributed by atoms with E-state index in [4.69, 9.17) is 4.74 Å². The summed E-state index contributed by atoms with van der Waals surface area (Å²) in [5.74, 6) is 0. The maximum absolute atomic E-state index is 5.03. The molecule has 0 aromatic carbocycles. The number of methoxy groups -OCH3 is 1. The Hall–Kier alpha value is -0.950. The highest BCUT2D eigenvalue weighted by molar-refractivity contribution is 7.15. The van der Waals surface area contributed by atoms with Gasteiger partial charge < -0.3 is 15.0 Å². The molecule has 0 saturated heterocycles. The molecule has 20 heavy (non-hydrogen) atoms. The second kappa shape index (κ2) is 7.73. The van der Waals surface area contributed by atoms with Gasteiger partial charge in [0.05, 0.1) is 12.3 Å². The number of nitrogens with one attached hydrogen (secondary N) is 1. The molecule has 0 aliphatic heterocycles. The van der Waals surface area contributed by atoms with Crippen LogP contribution in [-0.4, -0.2) is 32.3 Å². The zero-order valence-corrected chi connectivity index (χ0v) is 13.8. The van der Waals surface area contributed by atoms with E-state index in [-0.39, 0.29) is 0 Å². The molecule has 0 atom stereocenters. The minimum Gasteiger partial charge on any atom is -0.383 e. The summed E-state index contributed by atoms with van der Waals surface area (Å²) in [5.41, 5.74) is 2.46. The molecular formula is C14H21N3OS2. The van der Waals surface area contributed by atoms with Gasteiger partial charge >= 0.3 is 0 Å². The summed E-state index contributed by atoms with van der Waals surface area (Å²) in [5, 5.41) is 8.75. The van der Waals surface area contributed by atoms with Crippen molar-refractivity contribution in [3.05, 3.63) is 33.0 Å². The number of thiophene rings is 1. The topological polar surface area (TPSA) is 37.4 Å². The fourth-order valence-electron chi connectivity index (χ4n) is 1.84. The second-order valence-corrected chi connectivity index (χ2v) is 6.50. The van der Waals surface area contributed by atoms with Crippen molar-refractivity contribution in [2.75, 3.05) is 32.2 Å². The van der Waals surface area contributed by atoms with Crippen molar-refractivity contribution in [3.63, 3.8) is 0 Å². The third-order valence-corrected chi connectivity index (χ3v) is 4.98. The van der Waals surface area contributed by atoms with Gasteiger partial charge in [0.1, 0.15) is 0 Å². The minimum absolute atomic E-state index is 0.739. The summed E-state index contributed by atoms with van der Waals surface area (Å²) in [7, 11) is 3.81. The van der Waals surface area contributed by atoms with Gasteiger partial charge in [-0.1, -0.05) is 0 Å². The van der Waals surface area contributed by atoms with Crippen LogP contribution in [0.4, 0.5) is 5.13 Å². The maximum atomic E-state index is 5.03. The maximum Gasteiger partial charge on any atom is 0.185 e. The Morgan fingerprint density at radius 2 is 2.30 bits per heavy atom. The van der Waals surface area contributed by atoms with E-state index in [0.29, 0.717) is 0 Å². The molecule has 6 heteroatoms. The van der Waals surface area contributed by atoms with Gasteiger partial charge in [-0.3, -0.25) is 0 Å². The first-order valence-electron chi connectivity index (χ1n) is 6.59. The molecule has 0 fully saturated rings. The van der Waals surface area contributed by atoms with Crippen LogP contribution < -0.4 is 10.2 Å². The molecule has 0 aliphatic rings. The van der Waals surface area contributed by atoms with Crippen LogP contribution in [0.2, 0.25) is 0 Å². The molecule has 2 aromatic heterocycles. The first kappa shape index (κ1) is 15.4. The molecule has 1 N–H and O–H groups in total. The van der Waals surface area contributed by atoms with Crippen LogP contribution >= 0.6 is 22.7 Å². The number of anilines is 1. The summed E-state index contributed by atoms with van der Waals surface area (Å²) in [6, 6.07) is 2.16. The lowest BCUT2D eigenvalue weighted by Gasteiger charge is -2.14. The van der Waals surface area contributed by atoms with Crippen LogP contribution in [0, 0.1) is 6.92 Å². The van der Waals surface area contributed by atoms with E-state index in [1.54, 1.807) is 29.8 Å². The number of hydrogen-bond donors (Lipinski definition) is 1. The molecule has 2 aromatic rings. The van der Waals surface area contributed by atoms with Gasteiger partial charge in [-0.05, 0) is 29.3 Å². The highest BCUT2D eigenvalue weighted by Gasteiger charge is 2.11. The predicted octanol–water partition coefficient (Wildman–Crippen LogP) is 2.89. The normalized spacial score (nSPS) is 10.9. The standard InChI is InChI=1S/C14H21N3OS2/c1-11-13(8-15-5-6-18-3)20-14(16-11)17(2)9-12-4-7-19-10-12/h4,7,10,15H,5-6,8-9H2,1-3H3. The van der Waals surface area contributed by atoms with Gasteiger partial charge in [-0.2, -0.15) is 11.3 Å². The van der Waals surface area contributed by atoms with Gasteiger partial charge in [0, 0.05) is 38.7 Å². The summed E-state index contributed by atoms with van der Waals surface area (Å²) in [6.07, 6.45) is 0. The zero-order valence-electron chi connectivity index (χ0n) is 12.2. The van der Waals surface area contributed by atoms with Gasteiger partial charge in [0.2, 0.25) is 0 Å². The van der Waals surface area contributed by atoms with E-state index in [1.165, 1.54) is 10.4 Å². The highest BCUT2D eigenvalue weighted by Crippen LogP contribution is 2.26. The van der Waals surface area contributed by atoms with E-state index >= 15 is 0 Å². The van der Waals surface area contributed by atoms with Crippen LogP contribution in [0.3, 0.4) is 0 Å². The Bertz CT molecular complexity index is 510. The van der Waals surface area contributed by atoms with Gasteiger partial charge in [0.25, 0.3) is 0 Å². The Kier molecular flexibility index (Phi) is 5.97. The van der Waals surface area contributed by atoms with Crippen LogP contribution in [0.5, 0.6) is 0 Å². The number of nitrogens with zero attached hydrogens (tertiary/aromatic N) is 2. The fraction of sp³-hybridized carbons (Fsp3) is 0.500. The van der Waals surface area contributed by atoms with Gasteiger partial charge in [0.15, 0.2) is 5.13 Å². The SMILES string of the molecule is COCCNCc1sc(N(C)Cc2ccsc2)nc1C. The van der Waals surface area contributed by atoms with Crippen molar-refractivity contribution < 1.29 is 4.74 Å². The molecule has 0 unspecified atom stereocenters. The number of hydrogen-bond acceptors (Lipinski definition) is 6. The van der Waals surface area contributed by atoms with Gasteiger partial charge in [-0.15, -0.1) is 11.3 Å². The third-order valence-electron chi connectivity index (χ3n) is 2.98. The second-order valence-electron chi connectivity index (χ2n) is 4.66. The lowest BCUT2D eigenvalue weighted by molar-refractivity contribution is 0.199. The number of rotatable bonds is 8. The Labute approximate surface area is 128 Å². The van der Waals surface area contributed by atoms with E-state index in [0.717, 1.165) is 37.1 Å². The fourth-order valence-corrected chi connectivity index (χ4v) is 3.49. The van der Waals surface area contributed by atoms with Crippen LogP contribution in [0.1, 0.15) is 16.1 Å². The summed E-state index contributed by atoms with van der Waals surface area (Å²) >= 11 is 3.50. The van der Waals surface area contributed by atoms with E-state index in [1.807, 2.05) is 0 Å². The lowest BCUT2D eigenvalue weighted by atomic mass is 10.3. The third kappa shape index (κ3) is 4.28. The van der Waals surface area contributed by atoms with E-state index in [2.05, 4.69) is 46.0 Å². The van der Waals surface area contributed by atoms with Crippen molar-refractivity contribution in [2.45, 2.75) is 20.0 Å². The molecular weight excluding hydrogens is 290 g/mol. The van der Waals surface area contributed by atoms with Gasteiger partial charge in [-0.25, -0.2) is 4.98 Å². The molecule has 4 nitrogen and oxygen atoms in total. The van der Waals surface area contributed by atoms with Crippen molar-refractivity contribution in [3.8, 4) is 0 Å². The summed E-state index contributed by atoms with van der Waals surface area (Å²) < 4.78 is 5.03. The Balaban J connectivity index is 1.92. The zero-order chi connectivity index (χ0) is 14.4. The highest BCUT2D eigenvalue weighted by atomic mass is 32.1. The molecule has 0 saturated carbocycles. The monoisotopic (exact) mass is 311 g/mol. The van der Waals surface area contributed by atoms with Crippen LogP contribution in [0.15, 0.2) is 16.8 Å². The summed E-state index contributed by atoms with van der Waals surface area (Å²) in [6.45, 7) is 5.45. The number of thiazole rings is 1. The molecule has 2 rings (SSSR count). The molecule has 2 heterocycles. The molecule has 110 valence electrons. The van der Waals surface area contributed by atoms with Crippen LogP contribution in [0.25, 0.3) is 0 Å². The van der Waals surface area contributed by atoms with E-state index in [9.17, 15) is 0 Å². The van der Waals surface area contributed by atoms with E-state index < -0.39 is 0 Å². The van der Waals surface area contributed by atoms with Crippen molar-refractivity contribution in [1.82, 2.24) is 10.3 Å². The average molecular weight is 311 g/mol. The average Bonchev–Trinajstić information content (AvgIpc) is 3.05. The number of aromatic nitrogens is 1. The Morgan fingerprint density at radius 1 is 1.45 bits per heavy atom. The molecule has 0 aliphatic carbocycles. The number of aryl methyl sites for hydroxylation is 1. The van der Waals surface area contributed by atoms with Crippen LogP contribution in [-0.2, 0) is 17.8 Å². The minimum atomic E-state index is 0.739. The molecule has 0 radical (unpaired) electrons. The smallest absolute Gasteiger partial charge is 0.185 e. The Morgan fingerprint density at radius 3 is 3.00 bits per heavy atom. The largest absolute Gasteiger partial charge is 0.383 e. The van der Waals surface area contributed by atoms with Crippen molar-refractivity contribution in [1.29, 1.82) is 0 Å². The molecule has 0 bridgehead atoms. The number of ether oxygens (including phenoxy) is 1. The lowest BCUT2D eigenvalue weighted by Crippen LogP contribution is -2.18.